The van der Waals surface area contributed by atoms with Gasteiger partial charge >= 0.3 is 6.03 Å². The number of fused-ring (bicyclic) bond motifs is 1. The summed E-state index contributed by atoms with van der Waals surface area (Å²) in [5, 5.41) is 13.2. The van der Waals surface area contributed by atoms with Crippen LogP contribution in [-0.4, -0.2) is 16.2 Å². The van der Waals surface area contributed by atoms with Gasteiger partial charge in [-0.1, -0.05) is 30.3 Å². The van der Waals surface area contributed by atoms with E-state index in [1.54, 1.807) is 18.2 Å². The van der Waals surface area contributed by atoms with Crippen molar-refractivity contribution in [3.8, 4) is 11.1 Å². The van der Waals surface area contributed by atoms with Gasteiger partial charge in [0.25, 0.3) is 0 Å². The summed E-state index contributed by atoms with van der Waals surface area (Å²) >= 11 is 0. The number of hydrogen-bond donors (Lipinski definition) is 5. The maximum atomic E-state index is 13.5. The number of anilines is 3. The average Bonchev–Trinajstić information content (AvgIpc) is 3.10. The van der Waals surface area contributed by atoms with Crippen molar-refractivity contribution in [2.75, 3.05) is 16.4 Å². The van der Waals surface area contributed by atoms with Gasteiger partial charge in [0, 0.05) is 17.9 Å². The van der Waals surface area contributed by atoms with Gasteiger partial charge in [0.05, 0.1) is 10.9 Å². The molecule has 0 fully saturated rings. The zero-order chi connectivity index (χ0) is 20.4. The lowest BCUT2D eigenvalue weighted by molar-refractivity contribution is 0.262. The first kappa shape index (κ1) is 18.5. The molecule has 7 nitrogen and oxygen atoms in total. The Morgan fingerprint density at radius 1 is 1.07 bits per heavy atom. The van der Waals surface area contributed by atoms with E-state index in [1.807, 2.05) is 30.3 Å². The molecular weight excluding hydrogens is 371 g/mol. The molecule has 0 radical (unpaired) electrons. The molecule has 1 aromatic heterocycles. The topological polar surface area (TPSA) is 122 Å². The van der Waals surface area contributed by atoms with E-state index in [-0.39, 0.29) is 6.54 Å². The van der Waals surface area contributed by atoms with Crippen LogP contribution < -0.4 is 22.1 Å². The summed E-state index contributed by atoms with van der Waals surface area (Å²) in [5.41, 5.74) is 15.9. The highest BCUT2D eigenvalue weighted by Gasteiger charge is 2.11. The predicted octanol–water partition coefficient (Wildman–Crippen LogP) is 4.05. The summed E-state index contributed by atoms with van der Waals surface area (Å²) in [4.78, 5) is 12.3. The van der Waals surface area contributed by atoms with Gasteiger partial charge in [-0.25, -0.2) is 9.18 Å². The maximum Gasteiger partial charge on any atom is 0.323 e. The molecule has 0 bridgehead atoms. The van der Waals surface area contributed by atoms with E-state index in [0.717, 1.165) is 22.0 Å². The maximum absolute atomic E-state index is 13.5. The molecule has 3 aromatic carbocycles. The largest absolute Gasteiger partial charge is 0.382 e. The number of nitrogens with zero attached hydrogens (tertiary/aromatic N) is 1. The summed E-state index contributed by atoms with van der Waals surface area (Å²) in [6.45, 7) is 0.188. The molecule has 0 unspecified atom stereocenters. The van der Waals surface area contributed by atoms with Crippen molar-refractivity contribution in [2.24, 2.45) is 5.73 Å². The van der Waals surface area contributed by atoms with Gasteiger partial charge in [-0.15, -0.1) is 0 Å². The molecule has 1 heterocycles. The van der Waals surface area contributed by atoms with E-state index in [0.29, 0.717) is 22.8 Å². The number of rotatable bonds is 4. The number of nitrogens with one attached hydrogen (secondary N) is 3. The van der Waals surface area contributed by atoms with E-state index < -0.39 is 11.8 Å². The molecule has 4 aromatic rings. The minimum absolute atomic E-state index is 0.188. The average molecular weight is 390 g/mol. The zero-order valence-electron chi connectivity index (χ0n) is 15.4. The monoisotopic (exact) mass is 390 g/mol. The summed E-state index contributed by atoms with van der Waals surface area (Å²) in [6, 6.07) is 16.7. The first-order chi connectivity index (χ1) is 14.0. The molecule has 0 aliphatic carbocycles. The predicted molar refractivity (Wildman–Crippen MR) is 113 cm³/mol. The number of nitrogen functional groups attached to an aromatic ring is 1. The highest BCUT2D eigenvalue weighted by molar-refractivity contribution is 6.02. The summed E-state index contributed by atoms with van der Waals surface area (Å²) in [7, 11) is 0. The highest BCUT2D eigenvalue weighted by Crippen LogP contribution is 2.31. The number of halogens is 1. The molecule has 0 spiro atoms. The summed E-state index contributed by atoms with van der Waals surface area (Å²) in [6.07, 6.45) is 0. The second-order valence-corrected chi connectivity index (χ2v) is 6.50. The van der Waals surface area contributed by atoms with Gasteiger partial charge in [0.15, 0.2) is 5.82 Å². The third-order valence-corrected chi connectivity index (χ3v) is 4.61. The summed E-state index contributed by atoms with van der Waals surface area (Å²) < 4.78 is 13.5. The highest BCUT2D eigenvalue weighted by atomic mass is 19.1. The van der Waals surface area contributed by atoms with E-state index in [1.165, 1.54) is 12.1 Å². The Morgan fingerprint density at radius 3 is 2.62 bits per heavy atom. The van der Waals surface area contributed by atoms with Crippen LogP contribution in [0.3, 0.4) is 0 Å². The Morgan fingerprint density at radius 2 is 1.86 bits per heavy atom. The minimum atomic E-state index is -0.487. The van der Waals surface area contributed by atoms with Crippen molar-refractivity contribution in [3.05, 3.63) is 72.0 Å². The van der Waals surface area contributed by atoms with E-state index >= 15 is 0 Å². The third-order valence-electron chi connectivity index (χ3n) is 4.61. The number of aromatic amines is 1. The van der Waals surface area contributed by atoms with Crippen LogP contribution in [0.1, 0.15) is 5.56 Å². The van der Waals surface area contributed by atoms with Crippen molar-refractivity contribution in [3.63, 3.8) is 0 Å². The van der Waals surface area contributed by atoms with Crippen LogP contribution in [0, 0.1) is 5.82 Å². The van der Waals surface area contributed by atoms with Gasteiger partial charge in [0.1, 0.15) is 5.82 Å². The Hall–Kier alpha value is -3.91. The summed E-state index contributed by atoms with van der Waals surface area (Å²) in [5.74, 6) is -0.0162. The Bertz CT molecular complexity index is 1190. The van der Waals surface area contributed by atoms with E-state index in [9.17, 15) is 9.18 Å². The van der Waals surface area contributed by atoms with Gasteiger partial charge in [-0.2, -0.15) is 5.10 Å². The number of amides is 2. The Balaban J connectivity index is 1.52. The van der Waals surface area contributed by atoms with Crippen LogP contribution in [0.5, 0.6) is 0 Å². The number of benzene rings is 3. The molecule has 8 heteroatoms. The van der Waals surface area contributed by atoms with Crippen LogP contribution in [0.15, 0.2) is 60.7 Å². The molecule has 29 heavy (non-hydrogen) atoms. The molecule has 7 N–H and O–H groups in total. The van der Waals surface area contributed by atoms with Crippen LogP contribution in [-0.2, 0) is 6.54 Å². The van der Waals surface area contributed by atoms with E-state index in [4.69, 9.17) is 11.5 Å². The van der Waals surface area contributed by atoms with Gasteiger partial charge in [0.2, 0.25) is 0 Å². The fourth-order valence-corrected chi connectivity index (χ4v) is 3.20. The number of urea groups is 1. The fraction of sp³-hybridized carbons (Fsp3) is 0.0476. The number of hydrogen-bond acceptors (Lipinski definition) is 4. The normalized spacial score (nSPS) is 10.8. The number of carbonyl (C=O) groups excluding carboxylic acids is 1. The van der Waals surface area contributed by atoms with Crippen LogP contribution in [0.25, 0.3) is 22.0 Å². The van der Waals surface area contributed by atoms with Crippen molar-refractivity contribution in [1.82, 2.24) is 10.2 Å². The van der Waals surface area contributed by atoms with Gasteiger partial charge in [-0.3, -0.25) is 5.10 Å². The molecule has 4 rings (SSSR count). The van der Waals surface area contributed by atoms with Crippen molar-refractivity contribution < 1.29 is 9.18 Å². The SMILES string of the molecule is NCc1ccc(F)cc1NC(=O)Nc1ccc(-c2cccc3[nH]nc(N)c23)cc1. The first-order valence-corrected chi connectivity index (χ1v) is 8.94. The molecule has 146 valence electrons. The fourth-order valence-electron chi connectivity index (χ4n) is 3.20. The molecule has 0 aliphatic heterocycles. The third kappa shape index (κ3) is 3.74. The molecule has 0 atom stereocenters. The molecule has 0 saturated heterocycles. The van der Waals surface area contributed by atoms with Crippen LogP contribution in [0.4, 0.5) is 26.4 Å². The second kappa shape index (κ2) is 7.61. The lowest BCUT2D eigenvalue weighted by Gasteiger charge is -2.12. The second-order valence-electron chi connectivity index (χ2n) is 6.50. The molecule has 0 aliphatic rings. The van der Waals surface area contributed by atoms with Crippen LogP contribution >= 0.6 is 0 Å². The van der Waals surface area contributed by atoms with Gasteiger partial charge in [-0.05, 0) is 47.0 Å². The van der Waals surface area contributed by atoms with E-state index in [2.05, 4.69) is 20.8 Å². The number of H-pyrrole nitrogens is 1. The molecule has 0 saturated carbocycles. The lowest BCUT2D eigenvalue weighted by Crippen LogP contribution is -2.20. The van der Waals surface area contributed by atoms with Crippen molar-refractivity contribution in [2.45, 2.75) is 6.54 Å². The zero-order valence-corrected chi connectivity index (χ0v) is 15.4. The standard InChI is InChI=1S/C21H19FN6O/c22-14-7-4-13(11-23)18(10-14)26-21(29)25-15-8-5-12(6-9-15)16-2-1-3-17-19(16)20(24)28-27-17/h1-10H,11,23H2,(H3,24,27,28)(H2,25,26,29). The van der Waals surface area contributed by atoms with Crippen molar-refractivity contribution >= 4 is 34.1 Å². The number of carbonyl (C=O) groups is 1. The minimum Gasteiger partial charge on any atom is -0.382 e. The quantitative estimate of drug-likeness (QED) is 0.361. The smallest absolute Gasteiger partial charge is 0.323 e. The molecule has 2 amide bonds. The number of aromatic nitrogens is 2. The number of nitrogens with two attached hydrogens (primary N) is 2. The van der Waals surface area contributed by atoms with Gasteiger partial charge < -0.3 is 22.1 Å². The Labute approximate surface area is 165 Å². The Kier molecular flexibility index (Phi) is 4.84. The lowest BCUT2D eigenvalue weighted by atomic mass is 10.0. The molecular formula is C21H19FN6O. The first-order valence-electron chi connectivity index (χ1n) is 8.94. The van der Waals surface area contributed by atoms with Crippen LogP contribution in [0.2, 0.25) is 0 Å². The van der Waals surface area contributed by atoms with Crippen molar-refractivity contribution in [1.29, 1.82) is 0 Å².